The molecule has 0 atom stereocenters. The third-order valence-electron chi connectivity index (χ3n) is 4.34. The smallest absolute Gasteiger partial charge is 0.256 e. The zero-order chi connectivity index (χ0) is 19.5. The van der Waals surface area contributed by atoms with E-state index in [-0.39, 0.29) is 11.7 Å². The maximum atomic E-state index is 12.9. The zero-order valence-electron chi connectivity index (χ0n) is 15.1. The number of anilines is 1. The molecule has 4 rings (SSSR count). The standard InChI is InChI=1S/C22H17N3O2S/c1-15-11-12-23-25(15)17-7-4-6-16(14-17)24-22(27)19-9-3-2-8-18(19)21(26)20-10-5-13-28-20/h2-14H,1H3,(H,24,27). The summed E-state index contributed by atoms with van der Waals surface area (Å²) in [5, 5.41) is 9.03. The number of thiophene rings is 1. The van der Waals surface area contributed by atoms with Gasteiger partial charge in [-0.25, -0.2) is 4.68 Å². The van der Waals surface area contributed by atoms with Gasteiger partial charge in [-0.05, 0) is 48.7 Å². The maximum absolute atomic E-state index is 12.9. The fourth-order valence-electron chi connectivity index (χ4n) is 2.97. The van der Waals surface area contributed by atoms with Crippen LogP contribution in [0.15, 0.2) is 78.3 Å². The number of rotatable bonds is 5. The lowest BCUT2D eigenvalue weighted by Gasteiger charge is -2.11. The van der Waals surface area contributed by atoms with Crippen LogP contribution < -0.4 is 5.32 Å². The zero-order valence-corrected chi connectivity index (χ0v) is 15.9. The second-order valence-corrected chi connectivity index (χ2v) is 7.19. The van der Waals surface area contributed by atoms with Gasteiger partial charge in [-0.1, -0.05) is 30.3 Å². The van der Waals surface area contributed by atoms with Crippen LogP contribution in [-0.4, -0.2) is 21.5 Å². The number of carbonyl (C=O) groups is 2. The van der Waals surface area contributed by atoms with Crippen LogP contribution in [0.25, 0.3) is 5.69 Å². The summed E-state index contributed by atoms with van der Waals surface area (Å²) >= 11 is 1.36. The van der Waals surface area contributed by atoms with Gasteiger partial charge in [0.15, 0.2) is 0 Å². The molecule has 0 aliphatic carbocycles. The van der Waals surface area contributed by atoms with Gasteiger partial charge in [0.1, 0.15) is 0 Å². The second-order valence-electron chi connectivity index (χ2n) is 6.24. The van der Waals surface area contributed by atoms with Crippen molar-refractivity contribution in [3.05, 3.63) is 100 Å². The molecule has 2 aromatic heterocycles. The van der Waals surface area contributed by atoms with Gasteiger partial charge in [0.2, 0.25) is 5.78 Å². The van der Waals surface area contributed by atoms with E-state index in [1.54, 1.807) is 41.2 Å². The predicted molar refractivity (Wildman–Crippen MR) is 110 cm³/mol. The van der Waals surface area contributed by atoms with Gasteiger partial charge >= 0.3 is 0 Å². The van der Waals surface area contributed by atoms with E-state index in [9.17, 15) is 9.59 Å². The van der Waals surface area contributed by atoms with Gasteiger partial charge in [0.05, 0.1) is 16.1 Å². The van der Waals surface area contributed by atoms with E-state index < -0.39 is 0 Å². The fourth-order valence-corrected chi connectivity index (χ4v) is 3.65. The highest BCUT2D eigenvalue weighted by Gasteiger charge is 2.19. The van der Waals surface area contributed by atoms with Crippen LogP contribution in [0.2, 0.25) is 0 Å². The number of benzene rings is 2. The molecule has 0 aliphatic rings. The minimum absolute atomic E-state index is 0.151. The van der Waals surface area contributed by atoms with Gasteiger partial charge in [0.25, 0.3) is 5.91 Å². The second kappa shape index (κ2) is 7.62. The van der Waals surface area contributed by atoms with Gasteiger partial charge in [-0.3, -0.25) is 9.59 Å². The number of hydrogen-bond donors (Lipinski definition) is 1. The first kappa shape index (κ1) is 17.9. The molecule has 6 heteroatoms. The topological polar surface area (TPSA) is 64.0 Å². The maximum Gasteiger partial charge on any atom is 0.256 e. The number of hydrogen-bond acceptors (Lipinski definition) is 4. The summed E-state index contributed by atoms with van der Waals surface area (Å²) in [6.45, 7) is 1.96. The molecular weight excluding hydrogens is 370 g/mol. The summed E-state index contributed by atoms with van der Waals surface area (Å²) in [4.78, 5) is 26.3. The summed E-state index contributed by atoms with van der Waals surface area (Å²) < 4.78 is 1.80. The Hall–Kier alpha value is -3.51. The molecule has 1 N–H and O–H groups in total. The number of aryl methyl sites for hydroxylation is 1. The highest BCUT2D eigenvalue weighted by molar-refractivity contribution is 7.12. The van der Waals surface area contributed by atoms with Crippen LogP contribution in [0.3, 0.4) is 0 Å². The van der Waals surface area contributed by atoms with E-state index in [0.29, 0.717) is 21.7 Å². The first-order chi connectivity index (χ1) is 13.6. The lowest BCUT2D eigenvalue weighted by molar-refractivity contribution is 0.0998. The first-order valence-electron chi connectivity index (χ1n) is 8.73. The Balaban J connectivity index is 1.62. The molecule has 138 valence electrons. The molecule has 28 heavy (non-hydrogen) atoms. The van der Waals surface area contributed by atoms with Crippen molar-refractivity contribution < 1.29 is 9.59 Å². The van der Waals surface area contributed by atoms with Crippen LogP contribution >= 0.6 is 11.3 Å². The van der Waals surface area contributed by atoms with Gasteiger partial charge < -0.3 is 5.32 Å². The monoisotopic (exact) mass is 387 g/mol. The van der Waals surface area contributed by atoms with Gasteiger partial charge in [-0.15, -0.1) is 11.3 Å². The molecule has 2 aromatic carbocycles. The number of carbonyl (C=O) groups excluding carboxylic acids is 2. The van der Waals surface area contributed by atoms with Crippen LogP contribution in [0.4, 0.5) is 5.69 Å². The van der Waals surface area contributed by atoms with Crippen molar-refractivity contribution in [2.45, 2.75) is 6.92 Å². The quantitative estimate of drug-likeness (QED) is 0.504. The Kier molecular flexibility index (Phi) is 4.87. The number of amides is 1. The SMILES string of the molecule is Cc1ccnn1-c1cccc(NC(=O)c2ccccc2C(=O)c2cccs2)c1. The summed E-state index contributed by atoms with van der Waals surface area (Å²) in [5.74, 6) is -0.475. The molecule has 0 radical (unpaired) electrons. The lowest BCUT2D eigenvalue weighted by Crippen LogP contribution is -2.16. The highest BCUT2D eigenvalue weighted by atomic mass is 32.1. The van der Waals surface area contributed by atoms with Crippen molar-refractivity contribution >= 4 is 28.7 Å². The Morgan fingerprint density at radius 2 is 1.79 bits per heavy atom. The van der Waals surface area contributed by atoms with Crippen molar-refractivity contribution in [2.75, 3.05) is 5.32 Å². The molecule has 0 saturated heterocycles. The molecule has 0 bridgehead atoms. The van der Waals surface area contributed by atoms with E-state index >= 15 is 0 Å². The Bertz CT molecular complexity index is 1150. The molecule has 0 aliphatic heterocycles. The minimum atomic E-state index is -0.324. The molecule has 1 amide bonds. The highest BCUT2D eigenvalue weighted by Crippen LogP contribution is 2.21. The van der Waals surface area contributed by atoms with Gasteiger partial charge in [-0.2, -0.15) is 5.10 Å². The van der Waals surface area contributed by atoms with Crippen molar-refractivity contribution in [1.29, 1.82) is 0 Å². The number of nitrogens with zero attached hydrogens (tertiary/aromatic N) is 2. The van der Waals surface area contributed by atoms with Crippen LogP contribution in [0.1, 0.15) is 31.3 Å². The van der Waals surface area contributed by atoms with E-state index in [1.165, 1.54) is 11.3 Å². The molecule has 0 saturated carbocycles. The molecule has 0 unspecified atom stereocenters. The van der Waals surface area contributed by atoms with Gasteiger partial charge in [0, 0.05) is 23.1 Å². The van der Waals surface area contributed by atoms with Crippen molar-refractivity contribution in [2.24, 2.45) is 0 Å². The van der Waals surface area contributed by atoms with E-state index in [2.05, 4.69) is 10.4 Å². The first-order valence-corrected chi connectivity index (χ1v) is 9.61. The Morgan fingerprint density at radius 1 is 0.964 bits per heavy atom. The Morgan fingerprint density at radius 3 is 2.50 bits per heavy atom. The molecule has 0 fully saturated rings. The van der Waals surface area contributed by atoms with E-state index in [1.807, 2.05) is 48.7 Å². The summed E-state index contributed by atoms with van der Waals surface area (Å²) in [7, 11) is 0. The molecule has 0 spiro atoms. The molecule has 2 heterocycles. The van der Waals surface area contributed by atoms with E-state index in [4.69, 9.17) is 0 Å². The largest absolute Gasteiger partial charge is 0.322 e. The lowest BCUT2D eigenvalue weighted by atomic mass is 10.0. The minimum Gasteiger partial charge on any atom is -0.322 e. The van der Waals surface area contributed by atoms with Crippen LogP contribution in [0, 0.1) is 6.92 Å². The average molecular weight is 387 g/mol. The van der Waals surface area contributed by atoms with Crippen LogP contribution in [-0.2, 0) is 0 Å². The summed E-state index contributed by atoms with van der Waals surface area (Å²) in [5.41, 5.74) is 3.22. The molecule has 4 aromatic rings. The fraction of sp³-hybridized carbons (Fsp3) is 0.0455. The normalized spacial score (nSPS) is 10.6. The van der Waals surface area contributed by atoms with E-state index in [0.717, 1.165) is 11.4 Å². The molecule has 5 nitrogen and oxygen atoms in total. The summed E-state index contributed by atoms with van der Waals surface area (Å²) in [6, 6.07) is 19.8. The van der Waals surface area contributed by atoms with Crippen LogP contribution in [0.5, 0.6) is 0 Å². The summed E-state index contributed by atoms with van der Waals surface area (Å²) in [6.07, 6.45) is 1.73. The number of nitrogens with one attached hydrogen (secondary N) is 1. The molecular formula is C22H17N3O2S. The van der Waals surface area contributed by atoms with Crippen molar-refractivity contribution in [3.8, 4) is 5.69 Å². The predicted octanol–water partition coefficient (Wildman–Crippen LogP) is 4.73. The number of ketones is 1. The number of aromatic nitrogens is 2. The van der Waals surface area contributed by atoms with Crippen molar-refractivity contribution in [1.82, 2.24) is 9.78 Å². The average Bonchev–Trinajstić information content (AvgIpc) is 3.39. The van der Waals surface area contributed by atoms with Crippen molar-refractivity contribution in [3.63, 3.8) is 0 Å². The third kappa shape index (κ3) is 3.50. The third-order valence-corrected chi connectivity index (χ3v) is 5.21. The Labute approximate surface area is 166 Å².